The van der Waals surface area contributed by atoms with Crippen molar-refractivity contribution in [2.24, 2.45) is 5.92 Å². The largest absolute Gasteiger partial charge is 0.668 e. The van der Waals surface area contributed by atoms with E-state index in [1.807, 2.05) is 0 Å². The zero-order valence-electron chi connectivity index (χ0n) is 4.56. The number of carbonyl (C=O) groups excluding carboxylic acids is 1. The molecule has 2 nitrogen and oxygen atoms in total. The minimum Gasteiger partial charge on any atom is -0.668 e. The summed E-state index contributed by atoms with van der Waals surface area (Å²) in [6.45, 7) is 3.41. The van der Waals surface area contributed by atoms with Crippen molar-refractivity contribution in [3.05, 3.63) is 5.73 Å². The van der Waals surface area contributed by atoms with Gasteiger partial charge < -0.3 is 10.5 Å². The van der Waals surface area contributed by atoms with Crippen LogP contribution < -0.4 is 0 Å². The van der Waals surface area contributed by atoms with E-state index in [2.05, 4.69) is 0 Å². The summed E-state index contributed by atoms with van der Waals surface area (Å²) in [6.07, 6.45) is 0. The molecule has 1 amide bonds. The fraction of sp³-hybridized carbons (Fsp3) is 0.750. The summed E-state index contributed by atoms with van der Waals surface area (Å²) in [7, 11) is 0. The van der Waals surface area contributed by atoms with Crippen LogP contribution in [0.25, 0.3) is 5.73 Å². The average molecular weight is 227 g/mol. The van der Waals surface area contributed by atoms with Gasteiger partial charge in [-0.1, -0.05) is 13.8 Å². The van der Waals surface area contributed by atoms with Gasteiger partial charge in [-0.15, -0.1) is 0 Å². The van der Waals surface area contributed by atoms with Crippen molar-refractivity contribution in [1.82, 2.24) is 0 Å². The van der Waals surface area contributed by atoms with E-state index in [0.717, 1.165) is 0 Å². The predicted molar refractivity (Wildman–Crippen MR) is 24.2 cm³/mol. The van der Waals surface area contributed by atoms with Gasteiger partial charge in [-0.25, -0.2) is 0 Å². The second-order valence-corrected chi connectivity index (χ2v) is 1.52. The molecule has 0 aromatic rings. The van der Waals surface area contributed by atoms with Gasteiger partial charge >= 0.3 is 0 Å². The van der Waals surface area contributed by atoms with Crippen LogP contribution in [0.2, 0.25) is 0 Å². The van der Waals surface area contributed by atoms with Crippen molar-refractivity contribution < 1.29 is 46.1 Å². The van der Waals surface area contributed by atoms with E-state index in [1.165, 1.54) is 0 Å². The number of hydrogen-bond donors (Lipinski definition) is 0. The smallest absolute Gasteiger partial charge is 0.0513 e. The monoisotopic (exact) mass is 227 g/mol. The first-order valence-electron chi connectivity index (χ1n) is 1.90. The summed E-state index contributed by atoms with van der Waals surface area (Å²) >= 11 is 0. The fourth-order valence-corrected chi connectivity index (χ4v) is 0. The van der Waals surface area contributed by atoms with Crippen LogP contribution in [0.1, 0.15) is 13.8 Å². The topological polar surface area (TPSA) is 40.9 Å². The zero-order valence-corrected chi connectivity index (χ0v) is 8.27. The van der Waals surface area contributed by atoms with E-state index in [0.29, 0.717) is 0 Å². The first-order valence-corrected chi connectivity index (χ1v) is 1.90. The first kappa shape index (κ1) is 10.7. The van der Waals surface area contributed by atoms with E-state index in [-0.39, 0.29) is 47.2 Å². The molecule has 0 saturated carbocycles. The van der Waals surface area contributed by atoms with E-state index < -0.39 is 5.91 Å². The van der Waals surface area contributed by atoms with Gasteiger partial charge in [-0.05, 0) is 5.92 Å². The Labute approximate surface area is 76.8 Å². The summed E-state index contributed by atoms with van der Waals surface area (Å²) in [5, 5.41) is 0. The predicted octanol–water partition coefficient (Wildman–Crippen LogP) is 1.22. The van der Waals surface area contributed by atoms with Gasteiger partial charge in [0.15, 0.2) is 0 Å². The molecule has 0 unspecified atom stereocenters. The maximum atomic E-state index is 9.81. The SMILES string of the molecule is CC(C)C([NH-])=O.[Pr]. The Hall–Kier alpha value is 0.834. The molecule has 1 N–H and O–H groups in total. The van der Waals surface area contributed by atoms with Crippen molar-refractivity contribution in [3.8, 4) is 0 Å². The third-order valence-corrected chi connectivity index (χ3v) is 0.524. The number of rotatable bonds is 1. The molecule has 1 radical (unpaired) electrons. The molecule has 0 aliphatic rings. The molecule has 3 heteroatoms. The normalized spacial score (nSPS) is 7.86. The van der Waals surface area contributed by atoms with E-state index in [4.69, 9.17) is 5.73 Å². The van der Waals surface area contributed by atoms with Crippen molar-refractivity contribution in [2.45, 2.75) is 13.8 Å². The molecule has 0 saturated heterocycles. The van der Waals surface area contributed by atoms with Gasteiger partial charge in [-0.3, -0.25) is 0 Å². The summed E-state index contributed by atoms with van der Waals surface area (Å²) in [5.74, 6) is -0.611. The standard InChI is InChI=1S/C4H9NO.Pr/c1-3(2)4(5)6;/h3H,1-2H3,(H2,5,6);/p-1. The minimum atomic E-state index is -0.491. The van der Waals surface area contributed by atoms with Crippen LogP contribution in [-0.2, 0) is 4.79 Å². The Bertz CT molecular complexity index is 62.7. The Morgan fingerprint density at radius 3 is 1.71 bits per heavy atom. The van der Waals surface area contributed by atoms with E-state index in [9.17, 15) is 4.79 Å². The summed E-state index contributed by atoms with van der Waals surface area (Å²) in [4.78, 5) is 9.81. The maximum absolute atomic E-state index is 9.81. The zero-order chi connectivity index (χ0) is 5.15. The summed E-state index contributed by atoms with van der Waals surface area (Å²) < 4.78 is 0. The van der Waals surface area contributed by atoms with Crippen molar-refractivity contribution in [1.29, 1.82) is 0 Å². The number of amides is 1. The molecule has 39 valence electrons. The van der Waals surface area contributed by atoms with Crippen molar-refractivity contribution in [3.63, 3.8) is 0 Å². The van der Waals surface area contributed by atoms with Crippen molar-refractivity contribution in [2.75, 3.05) is 0 Å². The van der Waals surface area contributed by atoms with Gasteiger partial charge in [0.05, 0.1) is 5.91 Å². The molecule has 0 rings (SSSR count). The molecular weight excluding hydrogens is 219 g/mol. The van der Waals surface area contributed by atoms with Gasteiger partial charge in [0.25, 0.3) is 0 Å². The molecular formula is C4H8NOPr-. The first-order chi connectivity index (χ1) is 2.64. The molecule has 0 fully saturated rings. The van der Waals surface area contributed by atoms with Crippen LogP contribution in [-0.4, -0.2) is 5.91 Å². The molecule has 7 heavy (non-hydrogen) atoms. The third-order valence-electron chi connectivity index (χ3n) is 0.524. The Kier molecular flexibility index (Phi) is 7.65. The number of hydrogen-bond acceptors (Lipinski definition) is 1. The van der Waals surface area contributed by atoms with Crippen LogP contribution in [0.15, 0.2) is 0 Å². The van der Waals surface area contributed by atoms with Gasteiger partial charge in [0.2, 0.25) is 0 Å². The molecule has 0 spiro atoms. The van der Waals surface area contributed by atoms with Crippen LogP contribution >= 0.6 is 0 Å². The van der Waals surface area contributed by atoms with Crippen molar-refractivity contribution >= 4 is 5.91 Å². The molecule has 0 aliphatic carbocycles. The van der Waals surface area contributed by atoms with Crippen LogP contribution in [0.4, 0.5) is 0 Å². The molecule has 0 aromatic carbocycles. The number of carbonyl (C=O) groups is 1. The second-order valence-electron chi connectivity index (χ2n) is 1.52. The van der Waals surface area contributed by atoms with Crippen LogP contribution in [0.3, 0.4) is 0 Å². The Morgan fingerprint density at radius 1 is 1.57 bits per heavy atom. The van der Waals surface area contributed by atoms with E-state index >= 15 is 0 Å². The Balaban J connectivity index is 0. The average Bonchev–Trinajstić information content (AvgIpc) is 1.36. The van der Waals surface area contributed by atoms with Gasteiger partial charge in [0.1, 0.15) is 0 Å². The summed E-state index contributed by atoms with van der Waals surface area (Å²) in [5.41, 5.74) is 6.39. The molecule has 0 heterocycles. The quantitative estimate of drug-likeness (QED) is 0.663. The van der Waals surface area contributed by atoms with Crippen LogP contribution in [0.5, 0.6) is 0 Å². The molecule has 0 atom stereocenters. The minimum absolute atomic E-state index is 0. The number of nitrogens with one attached hydrogen (secondary N) is 1. The molecule has 0 aliphatic heterocycles. The Morgan fingerprint density at radius 2 is 1.71 bits per heavy atom. The fourth-order valence-electron chi connectivity index (χ4n) is 0. The molecule has 0 aromatic heterocycles. The van der Waals surface area contributed by atoms with Gasteiger partial charge in [0, 0.05) is 41.3 Å². The van der Waals surface area contributed by atoms with E-state index in [1.54, 1.807) is 13.8 Å². The maximum Gasteiger partial charge on any atom is 0.0513 e. The third kappa shape index (κ3) is 6.83. The molecule has 0 bridgehead atoms. The summed E-state index contributed by atoms with van der Waals surface area (Å²) in [6, 6.07) is 0. The second kappa shape index (κ2) is 4.98. The van der Waals surface area contributed by atoms with Gasteiger partial charge in [-0.2, -0.15) is 0 Å². The van der Waals surface area contributed by atoms with Crippen LogP contribution in [0, 0.1) is 47.2 Å².